The summed E-state index contributed by atoms with van der Waals surface area (Å²) in [6.45, 7) is 0. The summed E-state index contributed by atoms with van der Waals surface area (Å²) in [5.41, 5.74) is 2.61. The zero-order valence-electron chi connectivity index (χ0n) is 14.5. The zero-order chi connectivity index (χ0) is 17.3. The van der Waals surface area contributed by atoms with E-state index in [2.05, 4.69) is 84.9 Å². The highest BCUT2D eigenvalue weighted by molar-refractivity contribution is 7.99. The van der Waals surface area contributed by atoms with Crippen molar-refractivity contribution in [2.75, 3.05) is 11.5 Å². The van der Waals surface area contributed by atoms with Gasteiger partial charge in [0.1, 0.15) is 0 Å². The molecule has 1 aliphatic heterocycles. The van der Waals surface area contributed by atoms with Crippen LogP contribution in [0.5, 0.6) is 0 Å². The molecule has 1 nitrogen and oxygen atoms in total. The van der Waals surface area contributed by atoms with Crippen LogP contribution in [0.1, 0.15) is 23.3 Å². The first kappa shape index (κ1) is 15.9. The molecule has 1 fully saturated rings. The van der Waals surface area contributed by atoms with E-state index in [4.69, 9.17) is 4.74 Å². The maximum atomic E-state index is 6.65. The highest BCUT2D eigenvalue weighted by Gasteiger charge is 2.27. The molecule has 2 atom stereocenters. The van der Waals surface area contributed by atoms with Crippen LogP contribution in [0.2, 0.25) is 0 Å². The van der Waals surface area contributed by atoms with Crippen molar-refractivity contribution in [1.29, 1.82) is 0 Å². The van der Waals surface area contributed by atoms with Gasteiger partial charge >= 0.3 is 0 Å². The van der Waals surface area contributed by atoms with E-state index in [0.29, 0.717) is 0 Å². The lowest BCUT2D eigenvalue weighted by molar-refractivity contribution is 0.00669. The summed E-state index contributed by atoms with van der Waals surface area (Å²) >= 11 is 1.99. The van der Waals surface area contributed by atoms with Crippen molar-refractivity contribution in [3.8, 4) is 0 Å². The minimum atomic E-state index is 0.129. The Hall–Kier alpha value is -2.29. The van der Waals surface area contributed by atoms with Crippen molar-refractivity contribution in [3.05, 3.63) is 96.1 Å². The molecule has 1 aliphatic rings. The molecule has 26 heavy (non-hydrogen) atoms. The molecule has 0 saturated carbocycles. The second-order valence-electron chi connectivity index (χ2n) is 6.79. The molecule has 0 bridgehead atoms. The van der Waals surface area contributed by atoms with Gasteiger partial charge in [-0.05, 0) is 32.7 Å². The first-order chi connectivity index (χ1) is 12.9. The van der Waals surface area contributed by atoms with E-state index in [1.807, 2.05) is 11.8 Å². The van der Waals surface area contributed by atoms with Gasteiger partial charge in [-0.2, -0.15) is 11.8 Å². The van der Waals surface area contributed by atoms with Crippen molar-refractivity contribution >= 4 is 33.3 Å². The summed E-state index contributed by atoms with van der Waals surface area (Å²) in [4.78, 5) is 0. The van der Waals surface area contributed by atoms with Crippen LogP contribution in [0.25, 0.3) is 21.5 Å². The van der Waals surface area contributed by atoms with Crippen LogP contribution in [-0.2, 0) is 4.74 Å². The van der Waals surface area contributed by atoms with Gasteiger partial charge in [0.25, 0.3) is 0 Å². The summed E-state index contributed by atoms with van der Waals surface area (Å²) in [7, 11) is 0. The maximum Gasteiger partial charge on any atom is 0.0930 e. The van der Waals surface area contributed by atoms with Crippen LogP contribution in [0.3, 0.4) is 0 Å². The van der Waals surface area contributed by atoms with E-state index in [1.165, 1.54) is 32.7 Å². The standard InChI is InChI=1S/C24H20OS/c1-3-11-19-17(7-1)9-5-13-21(19)23-15-26-16-24(25-23)22-14-6-10-18-8-2-4-12-20(18)22/h1-14,23-24H,15-16H2/t23-,24-/m0/s1. The molecule has 0 amide bonds. The number of ether oxygens (including phenoxy) is 1. The molecule has 128 valence electrons. The summed E-state index contributed by atoms with van der Waals surface area (Å²) in [5.74, 6) is 2.02. The summed E-state index contributed by atoms with van der Waals surface area (Å²) in [6, 6.07) is 30.3. The summed E-state index contributed by atoms with van der Waals surface area (Å²) in [5, 5.41) is 5.18. The maximum absolute atomic E-state index is 6.65. The van der Waals surface area contributed by atoms with Crippen LogP contribution < -0.4 is 0 Å². The van der Waals surface area contributed by atoms with Gasteiger partial charge in [-0.3, -0.25) is 0 Å². The van der Waals surface area contributed by atoms with Gasteiger partial charge in [0, 0.05) is 11.5 Å². The van der Waals surface area contributed by atoms with Crippen molar-refractivity contribution in [2.24, 2.45) is 0 Å². The van der Waals surface area contributed by atoms with Gasteiger partial charge in [-0.1, -0.05) is 84.9 Å². The largest absolute Gasteiger partial charge is 0.364 e. The smallest absolute Gasteiger partial charge is 0.0930 e. The number of hydrogen-bond donors (Lipinski definition) is 0. The molecule has 1 saturated heterocycles. The molecular weight excluding hydrogens is 336 g/mol. The molecule has 4 aromatic carbocycles. The van der Waals surface area contributed by atoms with Crippen molar-refractivity contribution < 1.29 is 4.74 Å². The predicted octanol–water partition coefficient (Wildman–Crippen LogP) is 6.54. The van der Waals surface area contributed by atoms with Gasteiger partial charge < -0.3 is 4.74 Å². The van der Waals surface area contributed by atoms with Gasteiger partial charge in [0.15, 0.2) is 0 Å². The SMILES string of the molecule is c1ccc2c([C@@H]3CSC[C@@H](c4cccc5ccccc45)O3)cccc2c1. The molecule has 0 aliphatic carbocycles. The molecule has 0 unspecified atom stereocenters. The fraction of sp³-hybridized carbons (Fsp3) is 0.167. The Morgan fingerprint density at radius 3 is 1.58 bits per heavy atom. The first-order valence-corrected chi connectivity index (χ1v) is 10.2. The minimum absolute atomic E-state index is 0.129. The van der Waals surface area contributed by atoms with Gasteiger partial charge in [0.2, 0.25) is 0 Å². The molecule has 0 spiro atoms. The topological polar surface area (TPSA) is 9.23 Å². The third-order valence-electron chi connectivity index (χ3n) is 5.21. The fourth-order valence-electron chi connectivity index (χ4n) is 3.95. The lowest BCUT2D eigenvalue weighted by Crippen LogP contribution is -2.20. The normalized spacial score (nSPS) is 20.5. The van der Waals surface area contributed by atoms with Crippen LogP contribution >= 0.6 is 11.8 Å². The van der Waals surface area contributed by atoms with E-state index in [1.54, 1.807) is 0 Å². The molecular formula is C24H20OS. The van der Waals surface area contributed by atoms with Crippen molar-refractivity contribution in [3.63, 3.8) is 0 Å². The van der Waals surface area contributed by atoms with E-state index in [0.717, 1.165) is 11.5 Å². The Morgan fingerprint density at radius 2 is 1.04 bits per heavy atom. The number of thioether (sulfide) groups is 1. The van der Waals surface area contributed by atoms with Crippen LogP contribution in [0.4, 0.5) is 0 Å². The second-order valence-corrected chi connectivity index (χ2v) is 7.86. The zero-order valence-corrected chi connectivity index (χ0v) is 15.3. The molecule has 4 aromatic rings. The molecule has 2 heteroatoms. The third kappa shape index (κ3) is 2.80. The van der Waals surface area contributed by atoms with Gasteiger partial charge in [-0.15, -0.1) is 0 Å². The summed E-state index contributed by atoms with van der Waals surface area (Å²) < 4.78 is 6.65. The fourth-order valence-corrected chi connectivity index (χ4v) is 5.03. The number of fused-ring (bicyclic) bond motifs is 2. The lowest BCUT2D eigenvalue weighted by Gasteiger charge is -2.31. The Labute approximate surface area is 158 Å². The van der Waals surface area contributed by atoms with Crippen molar-refractivity contribution in [2.45, 2.75) is 12.2 Å². The van der Waals surface area contributed by atoms with Crippen molar-refractivity contribution in [1.82, 2.24) is 0 Å². The van der Waals surface area contributed by atoms with Gasteiger partial charge in [0.05, 0.1) is 12.2 Å². The molecule has 1 heterocycles. The molecule has 0 N–H and O–H groups in total. The average molecular weight is 356 g/mol. The van der Waals surface area contributed by atoms with Crippen LogP contribution in [0, 0.1) is 0 Å². The first-order valence-electron chi connectivity index (χ1n) is 9.09. The monoisotopic (exact) mass is 356 g/mol. The Kier molecular flexibility index (Phi) is 4.16. The van der Waals surface area contributed by atoms with E-state index in [9.17, 15) is 0 Å². The number of benzene rings is 4. The minimum Gasteiger partial charge on any atom is -0.364 e. The number of rotatable bonds is 2. The van der Waals surface area contributed by atoms with Gasteiger partial charge in [-0.25, -0.2) is 0 Å². The van der Waals surface area contributed by atoms with Crippen LogP contribution in [-0.4, -0.2) is 11.5 Å². The summed E-state index contributed by atoms with van der Waals surface area (Å²) in [6.07, 6.45) is 0.257. The van der Waals surface area contributed by atoms with E-state index in [-0.39, 0.29) is 12.2 Å². The highest BCUT2D eigenvalue weighted by Crippen LogP contribution is 2.40. The quantitative estimate of drug-likeness (QED) is 0.403. The predicted molar refractivity (Wildman–Crippen MR) is 112 cm³/mol. The molecule has 0 aromatic heterocycles. The highest BCUT2D eigenvalue weighted by atomic mass is 32.2. The van der Waals surface area contributed by atoms with Crippen LogP contribution in [0.15, 0.2) is 84.9 Å². The van der Waals surface area contributed by atoms with E-state index < -0.39 is 0 Å². The Bertz CT molecular complexity index is 976. The Balaban J connectivity index is 1.53. The average Bonchev–Trinajstić information content (AvgIpc) is 2.73. The lowest BCUT2D eigenvalue weighted by atomic mass is 9.99. The third-order valence-corrected chi connectivity index (χ3v) is 6.28. The van der Waals surface area contributed by atoms with E-state index >= 15 is 0 Å². The Morgan fingerprint density at radius 1 is 0.577 bits per heavy atom. The second kappa shape index (κ2) is 6.79. The molecule has 5 rings (SSSR count). The number of hydrogen-bond acceptors (Lipinski definition) is 2. The molecule has 0 radical (unpaired) electrons.